The fourth-order valence-corrected chi connectivity index (χ4v) is 2.35. The van der Waals surface area contributed by atoms with Crippen molar-refractivity contribution in [3.8, 4) is 0 Å². The molecular formula is C13H20ClN3O2. The Bertz CT molecular complexity index is 445. The number of ether oxygens (including phenoxy) is 1. The van der Waals surface area contributed by atoms with E-state index in [1.807, 2.05) is 6.92 Å². The molecule has 1 unspecified atom stereocenters. The van der Waals surface area contributed by atoms with Gasteiger partial charge < -0.3 is 4.74 Å². The zero-order valence-corrected chi connectivity index (χ0v) is 12.1. The molecule has 1 aliphatic carbocycles. The van der Waals surface area contributed by atoms with Crippen LogP contribution < -0.4 is 5.32 Å². The number of esters is 1. The number of hydrogen-bond donors (Lipinski definition) is 1. The van der Waals surface area contributed by atoms with Gasteiger partial charge in [-0.25, -0.2) is 0 Å². The number of hydrogen-bond acceptors (Lipinski definition) is 4. The first-order chi connectivity index (χ1) is 9.03. The summed E-state index contributed by atoms with van der Waals surface area (Å²) in [7, 11) is 1.43. The number of methoxy groups -OCH3 is 1. The van der Waals surface area contributed by atoms with Gasteiger partial charge in [0.25, 0.3) is 0 Å². The lowest BCUT2D eigenvalue weighted by Crippen LogP contribution is -2.51. The molecule has 2 rings (SSSR count). The van der Waals surface area contributed by atoms with Gasteiger partial charge in [0.15, 0.2) is 0 Å². The van der Waals surface area contributed by atoms with Gasteiger partial charge in [-0.3, -0.25) is 14.8 Å². The summed E-state index contributed by atoms with van der Waals surface area (Å²) >= 11 is 5.81. The fourth-order valence-electron chi connectivity index (χ4n) is 2.19. The van der Waals surface area contributed by atoms with E-state index in [-0.39, 0.29) is 5.97 Å². The summed E-state index contributed by atoms with van der Waals surface area (Å²) in [5.41, 5.74) is -0.604. The molecular weight excluding hydrogens is 266 g/mol. The highest BCUT2D eigenvalue weighted by molar-refractivity contribution is 6.30. The number of nitrogens with zero attached hydrogens (tertiary/aromatic N) is 2. The smallest absolute Gasteiger partial charge is 0.325 e. The van der Waals surface area contributed by atoms with E-state index in [1.165, 1.54) is 7.11 Å². The predicted octanol–water partition coefficient (Wildman–Crippen LogP) is 2.00. The molecule has 0 saturated heterocycles. The molecule has 0 aliphatic heterocycles. The number of carbonyl (C=O) groups is 1. The normalized spacial score (nSPS) is 18.1. The highest BCUT2D eigenvalue weighted by Gasteiger charge is 2.38. The third-order valence-corrected chi connectivity index (χ3v) is 3.60. The van der Waals surface area contributed by atoms with Gasteiger partial charge in [-0.1, -0.05) is 11.6 Å². The van der Waals surface area contributed by atoms with Crippen molar-refractivity contribution < 1.29 is 9.53 Å². The molecule has 6 heteroatoms. The molecule has 0 spiro atoms. The Hall–Kier alpha value is -1.07. The largest absolute Gasteiger partial charge is 0.468 e. The Balaban J connectivity index is 1.86. The van der Waals surface area contributed by atoms with Crippen LogP contribution >= 0.6 is 11.6 Å². The zero-order valence-electron chi connectivity index (χ0n) is 11.4. The summed E-state index contributed by atoms with van der Waals surface area (Å²) < 4.78 is 6.69. The van der Waals surface area contributed by atoms with Crippen molar-refractivity contribution in [1.29, 1.82) is 0 Å². The van der Waals surface area contributed by atoms with Gasteiger partial charge in [-0.15, -0.1) is 0 Å². The van der Waals surface area contributed by atoms with Gasteiger partial charge >= 0.3 is 5.97 Å². The summed E-state index contributed by atoms with van der Waals surface area (Å²) in [6, 6.07) is 0.461. The molecule has 106 valence electrons. The topological polar surface area (TPSA) is 56.2 Å². The minimum absolute atomic E-state index is 0.196. The summed E-state index contributed by atoms with van der Waals surface area (Å²) in [6.07, 6.45) is 7.23. The van der Waals surface area contributed by atoms with E-state index in [2.05, 4.69) is 10.4 Å². The van der Waals surface area contributed by atoms with Crippen molar-refractivity contribution in [2.75, 3.05) is 7.11 Å². The second-order valence-electron chi connectivity index (χ2n) is 5.27. The Labute approximate surface area is 118 Å². The maximum absolute atomic E-state index is 11.9. The van der Waals surface area contributed by atoms with Crippen LogP contribution in [-0.2, 0) is 16.1 Å². The molecule has 1 fully saturated rings. The van der Waals surface area contributed by atoms with E-state index in [9.17, 15) is 4.79 Å². The average Bonchev–Trinajstić information content (AvgIpc) is 3.09. The maximum atomic E-state index is 11.9. The highest BCUT2D eigenvalue weighted by atomic mass is 35.5. The first kappa shape index (κ1) is 14.3. The van der Waals surface area contributed by atoms with E-state index in [0.717, 1.165) is 25.8 Å². The monoisotopic (exact) mass is 285 g/mol. The van der Waals surface area contributed by atoms with Gasteiger partial charge in [-0.2, -0.15) is 5.10 Å². The molecule has 0 aromatic carbocycles. The molecule has 1 N–H and O–H groups in total. The van der Waals surface area contributed by atoms with E-state index in [0.29, 0.717) is 17.5 Å². The molecule has 0 radical (unpaired) electrons. The van der Waals surface area contributed by atoms with Crippen molar-refractivity contribution in [2.24, 2.45) is 0 Å². The van der Waals surface area contributed by atoms with Gasteiger partial charge in [0, 0.05) is 18.8 Å². The van der Waals surface area contributed by atoms with E-state index in [4.69, 9.17) is 16.3 Å². The lowest BCUT2D eigenvalue weighted by molar-refractivity contribution is -0.148. The standard InChI is InChI=1S/C13H20ClN3O2/c1-13(12(18)19-2,16-11-4-5-11)6-3-7-17-9-10(14)8-15-17/h8-9,11,16H,3-7H2,1-2H3. The van der Waals surface area contributed by atoms with E-state index < -0.39 is 5.54 Å². The number of nitrogens with one attached hydrogen (secondary N) is 1. The van der Waals surface area contributed by atoms with Crippen LogP contribution in [0.3, 0.4) is 0 Å². The molecule has 0 bridgehead atoms. The van der Waals surface area contributed by atoms with Crippen LogP contribution in [0.2, 0.25) is 5.02 Å². The summed E-state index contributed by atoms with van der Waals surface area (Å²) in [6.45, 7) is 2.65. The van der Waals surface area contributed by atoms with Gasteiger partial charge in [0.05, 0.1) is 18.3 Å². The molecule has 19 heavy (non-hydrogen) atoms. The van der Waals surface area contributed by atoms with Gasteiger partial charge in [0.2, 0.25) is 0 Å². The lowest BCUT2D eigenvalue weighted by atomic mass is 9.95. The van der Waals surface area contributed by atoms with Crippen molar-refractivity contribution in [3.63, 3.8) is 0 Å². The van der Waals surface area contributed by atoms with Crippen LogP contribution in [0.25, 0.3) is 0 Å². The van der Waals surface area contributed by atoms with Crippen molar-refractivity contribution in [2.45, 2.75) is 50.7 Å². The van der Waals surface area contributed by atoms with Crippen LogP contribution in [0.15, 0.2) is 12.4 Å². The third-order valence-electron chi connectivity index (χ3n) is 3.40. The maximum Gasteiger partial charge on any atom is 0.325 e. The molecule has 1 saturated carbocycles. The van der Waals surface area contributed by atoms with Crippen molar-refractivity contribution >= 4 is 17.6 Å². The molecule has 5 nitrogen and oxygen atoms in total. The minimum atomic E-state index is -0.604. The SMILES string of the molecule is COC(=O)C(C)(CCCn1cc(Cl)cn1)NC1CC1. The second-order valence-corrected chi connectivity index (χ2v) is 5.70. The van der Waals surface area contributed by atoms with E-state index in [1.54, 1.807) is 17.1 Å². The minimum Gasteiger partial charge on any atom is -0.468 e. The number of carbonyl (C=O) groups excluding carboxylic acids is 1. The molecule has 1 atom stereocenters. The second kappa shape index (κ2) is 5.92. The molecule has 1 heterocycles. The van der Waals surface area contributed by atoms with Crippen LogP contribution in [-0.4, -0.2) is 34.4 Å². The molecule has 0 amide bonds. The Kier molecular flexibility index (Phi) is 4.47. The Morgan fingerprint density at radius 1 is 1.68 bits per heavy atom. The van der Waals surface area contributed by atoms with Crippen molar-refractivity contribution in [1.82, 2.24) is 15.1 Å². The first-order valence-electron chi connectivity index (χ1n) is 6.57. The van der Waals surface area contributed by atoms with Crippen LogP contribution in [0.5, 0.6) is 0 Å². The summed E-state index contributed by atoms with van der Waals surface area (Å²) in [5.74, 6) is -0.196. The van der Waals surface area contributed by atoms with Crippen LogP contribution in [0, 0.1) is 0 Å². The summed E-state index contributed by atoms with van der Waals surface area (Å²) in [4.78, 5) is 11.9. The first-order valence-corrected chi connectivity index (χ1v) is 6.95. The van der Waals surface area contributed by atoms with Crippen molar-refractivity contribution in [3.05, 3.63) is 17.4 Å². The predicted molar refractivity (Wildman–Crippen MR) is 73.0 cm³/mol. The fraction of sp³-hybridized carbons (Fsp3) is 0.692. The Morgan fingerprint density at radius 2 is 2.42 bits per heavy atom. The van der Waals surface area contributed by atoms with Crippen LogP contribution in [0.1, 0.15) is 32.6 Å². The lowest BCUT2D eigenvalue weighted by Gasteiger charge is -2.28. The number of aryl methyl sites for hydroxylation is 1. The zero-order chi connectivity index (χ0) is 13.9. The number of halogens is 1. The van der Waals surface area contributed by atoms with Gasteiger partial charge in [0.1, 0.15) is 5.54 Å². The Morgan fingerprint density at radius 3 is 2.95 bits per heavy atom. The summed E-state index contributed by atoms with van der Waals surface area (Å²) in [5, 5.41) is 8.13. The van der Waals surface area contributed by atoms with Crippen LogP contribution in [0.4, 0.5) is 0 Å². The quantitative estimate of drug-likeness (QED) is 0.779. The van der Waals surface area contributed by atoms with E-state index >= 15 is 0 Å². The molecule has 1 aliphatic rings. The molecule has 1 aromatic rings. The number of rotatable bonds is 7. The molecule has 1 aromatic heterocycles. The highest BCUT2D eigenvalue weighted by Crippen LogP contribution is 2.25. The average molecular weight is 286 g/mol. The third kappa shape index (κ3) is 3.94. The number of aromatic nitrogens is 2. The van der Waals surface area contributed by atoms with Gasteiger partial charge in [-0.05, 0) is 32.6 Å².